The molecule has 0 heterocycles. The molecule has 8 heteroatoms. The fourth-order valence-corrected chi connectivity index (χ4v) is 11.2. The first-order valence-corrected chi connectivity index (χ1v) is 16.3. The van der Waals surface area contributed by atoms with Gasteiger partial charge in [0.25, 0.3) is 0 Å². The van der Waals surface area contributed by atoms with Crippen LogP contribution in [0.1, 0.15) is 103 Å². The number of rotatable bonds is 8. The van der Waals surface area contributed by atoms with Crippen LogP contribution >= 0.6 is 0 Å². The van der Waals surface area contributed by atoms with Crippen molar-refractivity contribution in [3.63, 3.8) is 0 Å². The lowest BCUT2D eigenvalue weighted by Crippen LogP contribution is -2.54. The molecular weight excluding hydrogens is 498 g/mol. The molecule has 5 rings (SSSR count). The van der Waals surface area contributed by atoms with Crippen molar-refractivity contribution in [2.45, 2.75) is 116 Å². The van der Waals surface area contributed by atoms with E-state index in [1.807, 2.05) is 10.4 Å². The number of nitrogens with zero attached hydrogens (tertiary/aromatic N) is 3. The van der Waals surface area contributed by atoms with Crippen LogP contribution in [0.5, 0.6) is 0 Å². The molecule has 3 atom stereocenters. The minimum atomic E-state index is -3.58. The molecule has 2 bridgehead atoms. The monoisotopic (exact) mass is 542 g/mol. The van der Waals surface area contributed by atoms with Gasteiger partial charge in [0.05, 0.1) is 11.3 Å². The molecule has 4 aliphatic carbocycles. The van der Waals surface area contributed by atoms with Gasteiger partial charge in [-0.2, -0.15) is 4.31 Å². The van der Waals surface area contributed by atoms with Crippen LogP contribution < -0.4 is 0 Å². The van der Waals surface area contributed by atoms with Gasteiger partial charge in [0, 0.05) is 17.5 Å². The van der Waals surface area contributed by atoms with Crippen LogP contribution in [0.15, 0.2) is 36.3 Å². The number of diazo groups is 1. The Hall–Kier alpha value is -2.11. The number of aliphatic hydroxyl groups excluding tert-OH is 1. The first-order valence-electron chi connectivity index (χ1n) is 14.7. The fourth-order valence-electron chi connectivity index (χ4n) is 8.34. The van der Waals surface area contributed by atoms with E-state index in [4.69, 9.17) is 4.74 Å². The molecule has 1 N–H and O–H groups in total. The Kier molecular flexibility index (Phi) is 7.81. The van der Waals surface area contributed by atoms with Crippen molar-refractivity contribution >= 4 is 15.7 Å². The summed E-state index contributed by atoms with van der Waals surface area (Å²) in [6.45, 7) is 4.37. The van der Waals surface area contributed by atoms with Gasteiger partial charge in [0.2, 0.25) is 15.4 Å². The molecule has 208 valence electrons. The number of fused-ring (bicyclic) bond motifs is 2. The van der Waals surface area contributed by atoms with Crippen molar-refractivity contribution in [1.82, 2.24) is 4.31 Å². The Morgan fingerprint density at radius 1 is 1.00 bits per heavy atom. The average Bonchev–Trinajstić information content (AvgIpc) is 3.26. The quantitative estimate of drug-likeness (QED) is 0.276. The summed E-state index contributed by atoms with van der Waals surface area (Å²) in [6, 6.07) is 9.12. The number of ether oxygens (including phenoxy) is 1. The van der Waals surface area contributed by atoms with Crippen LogP contribution in [0.3, 0.4) is 0 Å². The van der Waals surface area contributed by atoms with Crippen molar-refractivity contribution in [2.24, 2.45) is 16.7 Å². The Labute approximate surface area is 228 Å². The molecule has 1 aromatic carbocycles. The lowest BCUT2D eigenvalue weighted by Gasteiger charge is -2.46. The Morgan fingerprint density at radius 2 is 1.58 bits per heavy atom. The minimum Gasteiger partial charge on any atom is -0.475 e. The molecular formula is C30H44N3O4S+. The van der Waals surface area contributed by atoms with Crippen molar-refractivity contribution < 1.29 is 18.3 Å². The molecule has 0 unspecified atom stereocenters. The zero-order valence-corrected chi connectivity index (χ0v) is 23.8. The Morgan fingerprint density at radius 3 is 2.11 bits per heavy atom. The molecule has 0 aliphatic heterocycles. The van der Waals surface area contributed by atoms with E-state index in [1.165, 1.54) is 12.8 Å². The van der Waals surface area contributed by atoms with Gasteiger partial charge in [0.1, 0.15) is 6.10 Å². The van der Waals surface area contributed by atoms with Gasteiger partial charge in [-0.1, -0.05) is 70.6 Å². The van der Waals surface area contributed by atoms with E-state index in [0.29, 0.717) is 17.9 Å². The molecule has 1 aromatic rings. The van der Waals surface area contributed by atoms with Gasteiger partial charge < -0.3 is 9.84 Å². The third kappa shape index (κ3) is 4.86. The van der Waals surface area contributed by atoms with E-state index < -0.39 is 27.5 Å². The van der Waals surface area contributed by atoms with Crippen LogP contribution in [0.2, 0.25) is 0 Å². The summed E-state index contributed by atoms with van der Waals surface area (Å²) in [5.41, 5.74) is -0.366. The number of benzene rings is 1. The van der Waals surface area contributed by atoms with E-state index >= 15 is 0 Å². The molecule has 0 radical (unpaired) electrons. The second kappa shape index (κ2) is 10.8. The van der Waals surface area contributed by atoms with Gasteiger partial charge in [-0.15, -0.1) is 0 Å². The highest BCUT2D eigenvalue weighted by Gasteiger charge is 2.67. The average molecular weight is 543 g/mol. The van der Waals surface area contributed by atoms with Crippen LogP contribution in [-0.4, -0.2) is 41.8 Å². The highest BCUT2D eigenvalue weighted by molar-refractivity contribution is 7.89. The largest absolute Gasteiger partial charge is 0.475 e. The maximum absolute atomic E-state index is 14.5. The van der Waals surface area contributed by atoms with Crippen LogP contribution in [-0.2, 0) is 14.8 Å². The summed E-state index contributed by atoms with van der Waals surface area (Å²) in [7, 11) is -3.58. The summed E-state index contributed by atoms with van der Waals surface area (Å²) in [5, 5.41) is 20.7. The molecule has 0 saturated heterocycles. The van der Waals surface area contributed by atoms with Crippen molar-refractivity contribution in [1.29, 1.82) is 5.39 Å². The second-order valence-electron chi connectivity index (χ2n) is 12.7. The fraction of sp³-hybridized carbons (Fsp3) is 0.733. The standard InChI is InChI=1S/C30H43N3O4S/c1-29(2)23-18-19-30(29,26(20-23)37-28(34)27(32-31)22-12-6-3-7-13-22)21-38(35,36)33(24-14-8-4-9-15-24)25-16-10-5-11-17-25/h3,6-7,12-13,23-26H,4-5,8-11,14-21H2,1-2H3/p+1/b28-27+/t23-,26-,30-/m1/s1. The van der Waals surface area contributed by atoms with Gasteiger partial charge in [-0.25, -0.2) is 8.42 Å². The van der Waals surface area contributed by atoms with E-state index in [2.05, 4.69) is 18.8 Å². The molecule has 7 nitrogen and oxygen atoms in total. The normalized spacial score (nSPS) is 30.7. The van der Waals surface area contributed by atoms with Crippen molar-refractivity contribution in [2.75, 3.05) is 5.75 Å². The predicted octanol–water partition coefficient (Wildman–Crippen LogP) is 7.23. The van der Waals surface area contributed by atoms with Gasteiger partial charge in [-0.3, -0.25) is 0 Å². The number of aliphatic hydroxyl groups is 1. The lowest BCUT2D eigenvalue weighted by atomic mass is 9.69. The summed E-state index contributed by atoms with van der Waals surface area (Å²) in [6.07, 6.45) is 12.5. The summed E-state index contributed by atoms with van der Waals surface area (Å²) >= 11 is 0. The molecule has 4 aliphatic rings. The SMILES string of the molecule is CC1(C)[C@@H]2CC[C@@]1(CS(=O)(=O)N(C1CCCCC1)C1CCCCC1)[C@H](O/C(O)=C(/[N+]#N)c1ccccc1)C2. The molecule has 38 heavy (non-hydrogen) atoms. The highest BCUT2D eigenvalue weighted by Crippen LogP contribution is 2.67. The van der Waals surface area contributed by atoms with Crippen LogP contribution in [0.4, 0.5) is 0 Å². The van der Waals surface area contributed by atoms with E-state index in [1.54, 1.807) is 24.3 Å². The van der Waals surface area contributed by atoms with Gasteiger partial charge in [0.15, 0.2) is 4.98 Å². The summed E-state index contributed by atoms with van der Waals surface area (Å²) in [4.78, 5) is 3.32. The lowest BCUT2D eigenvalue weighted by molar-refractivity contribution is -0.0488. The van der Waals surface area contributed by atoms with Crippen molar-refractivity contribution in [3.05, 3.63) is 46.8 Å². The second-order valence-corrected chi connectivity index (χ2v) is 14.6. The Bertz CT molecular complexity index is 1150. The minimum absolute atomic E-state index is 0.0322. The van der Waals surface area contributed by atoms with E-state index in [0.717, 1.165) is 64.2 Å². The molecule has 0 spiro atoms. The highest BCUT2D eigenvalue weighted by atomic mass is 32.2. The van der Waals surface area contributed by atoms with E-state index in [9.17, 15) is 18.9 Å². The summed E-state index contributed by atoms with van der Waals surface area (Å²) < 4.78 is 37.2. The van der Waals surface area contributed by atoms with E-state index in [-0.39, 0.29) is 28.9 Å². The zero-order chi connectivity index (χ0) is 27.0. The maximum Gasteiger partial charge on any atom is 0.471 e. The first kappa shape index (κ1) is 27.5. The third-order valence-electron chi connectivity index (χ3n) is 10.6. The Balaban J connectivity index is 1.47. The zero-order valence-electron chi connectivity index (χ0n) is 23.0. The predicted molar refractivity (Wildman–Crippen MR) is 149 cm³/mol. The molecule has 4 saturated carbocycles. The number of hydrogen-bond acceptors (Lipinski definition) is 5. The van der Waals surface area contributed by atoms with Crippen molar-refractivity contribution in [3.8, 4) is 0 Å². The number of sulfonamides is 1. The molecule has 0 amide bonds. The third-order valence-corrected chi connectivity index (χ3v) is 12.7. The van der Waals surface area contributed by atoms with Crippen LogP contribution in [0.25, 0.3) is 10.7 Å². The first-order chi connectivity index (χ1) is 18.2. The summed E-state index contributed by atoms with van der Waals surface area (Å²) in [5.74, 6) is -0.0782. The van der Waals surface area contributed by atoms with Gasteiger partial charge >= 0.3 is 11.6 Å². The number of hydrogen-bond donors (Lipinski definition) is 1. The maximum atomic E-state index is 14.5. The topological polar surface area (TPSA) is 95.0 Å². The smallest absolute Gasteiger partial charge is 0.471 e. The molecule has 0 aromatic heterocycles. The van der Waals surface area contributed by atoms with Gasteiger partial charge in [-0.05, 0) is 68.4 Å². The molecule has 4 fully saturated rings. The van der Waals surface area contributed by atoms with Crippen LogP contribution in [0, 0.1) is 22.1 Å².